The van der Waals surface area contributed by atoms with E-state index in [-0.39, 0.29) is 0 Å². The van der Waals surface area contributed by atoms with E-state index in [0.29, 0.717) is 12.4 Å². The van der Waals surface area contributed by atoms with Gasteiger partial charge in [0.25, 0.3) is 0 Å². The predicted octanol–water partition coefficient (Wildman–Crippen LogP) is 3.81. The van der Waals surface area contributed by atoms with Gasteiger partial charge in [0.15, 0.2) is 0 Å². The summed E-state index contributed by atoms with van der Waals surface area (Å²) in [6, 6.07) is 4.05. The Balaban J connectivity index is 1.96. The molecule has 1 heterocycles. The van der Waals surface area contributed by atoms with Gasteiger partial charge < -0.3 is 14.5 Å². The number of halogens is 2. The first-order valence-corrected chi connectivity index (χ1v) is 7.32. The van der Waals surface area contributed by atoms with E-state index >= 15 is 0 Å². The maximum atomic E-state index is 5.39. The van der Waals surface area contributed by atoms with Crippen molar-refractivity contribution >= 4 is 31.9 Å². The van der Waals surface area contributed by atoms with Crippen LogP contribution >= 0.6 is 31.9 Å². The van der Waals surface area contributed by atoms with Crippen LogP contribution in [-0.2, 0) is 13.1 Å². The van der Waals surface area contributed by atoms with Gasteiger partial charge in [0.05, 0.1) is 28.8 Å². The molecule has 0 aliphatic heterocycles. The minimum absolute atomic E-state index is 0.606. The zero-order chi connectivity index (χ0) is 13.8. The van der Waals surface area contributed by atoms with Crippen LogP contribution in [0.1, 0.15) is 17.2 Å². The molecule has 2 aromatic rings. The quantitative estimate of drug-likeness (QED) is 0.844. The standard InChI is InChI=1S/C13H14Br2N2O2/c1-8-5-17-12(19-8)7-16-6-9-3-10(14)13(18-2)11(15)4-9/h3-5,16H,6-7H2,1-2H3. The molecule has 0 amide bonds. The van der Waals surface area contributed by atoms with Crippen molar-refractivity contribution in [2.75, 3.05) is 7.11 Å². The van der Waals surface area contributed by atoms with Crippen molar-refractivity contribution in [1.82, 2.24) is 10.3 Å². The van der Waals surface area contributed by atoms with Crippen LogP contribution in [0, 0.1) is 6.92 Å². The molecular weight excluding hydrogens is 376 g/mol. The normalized spacial score (nSPS) is 10.7. The molecule has 0 radical (unpaired) electrons. The number of nitrogens with one attached hydrogen (secondary N) is 1. The number of benzene rings is 1. The lowest BCUT2D eigenvalue weighted by molar-refractivity contribution is 0.409. The number of ether oxygens (including phenoxy) is 1. The molecule has 19 heavy (non-hydrogen) atoms. The number of rotatable bonds is 5. The van der Waals surface area contributed by atoms with Gasteiger partial charge in [-0.3, -0.25) is 0 Å². The molecule has 0 spiro atoms. The summed E-state index contributed by atoms with van der Waals surface area (Å²) in [4.78, 5) is 4.14. The van der Waals surface area contributed by atoms with Crippen molar-refractivity contribution in [3.05, 3.63) is 44.5 Å². The van der Waals surface area contributed by atoms with E-state index in [0.717, 1.165) is 32.6 Å². The first-order chi connectivity index (χ1) is 9.10. The van der Waals surface area contributed by atoms with Crippen molar-refractivity contribution in [3.8, 4) is 5.75 Å². The van der Waals surface area contributed by atoms with Crippen molar-refractivity contribution in [2.45, 2.75) is 20.0 Å². The average molecular weight is 390 g/mol. The molecule has 4 nitrogen and oxygen atoms in total. The van der Waals surface area contributed by atoms with E-state index < -0.39 is 0 Å². The van der Waals surface area contributed by atoms with Crippen molar-refractivity contribution in [1.29, 1.82) is 0 Å². The summed E-state index contributed by atoms with van der Waals surface area (Å²) >= 11 is 6.97. The highest BCUT2D eigenvalue weighted by Gasteiger charge is 2.08. The van der Waals surface area contributed by atoms with Crippen LogP contribution in [0.4, 0.5) is 0 Å². The minimum atomic E-state index is 0.606. The number of oxazole rings is 1. The van der Waals surface area contributed by atoms with Crippen LogP contribution in [-0.4, -0.2) is 12.1 Å². The number of hydrogen-bond acceptors (Lipinski definition) is 4. The Morgan fingerprint density at radius 1 is 1.26 bits per heavy atom. The second-order valence-corrected chi connectivity index (χ2v) is 5.77. The van der Waals surface area contributed by atoms with E-state index in [1.807, 2.05) is 19.1 Å². The predicted molar refractivity (Wildman–Crippen MR) is 80.2 cm³/mol. The summed E-state index contributed by atoms with van der Waals surface area (Å²) in [5.41, 5.74) is 1.14. The molecule has 1 aromatic carbocycles. The number of hydrogen-bond donors (Lipinski definition) is 1. The van der Waals surface area contributed by atoms with Crippen LogP contribution in [0.2, 0.25) is 0 Å². The molecule has 1 aromatic heterocycles. The van der Waals surface area contributed by atoms with E-state index in [4.69, 9.17) is 9.15 Å². The lowest BCUT2D eigenvalue weighted by atomic mass is 10.2. The van der Waals surface area contributed by atoms with Gasteiger partial charge in [0.2, 0.25) is 5.89 Å². The minimum Gasteiger partial charge on any atom is -0.494 e. The fourth-order valence-corrected chi connectivity index (χ4v) is 3.31. The molecule has 0 saturated carbocycles. The Morgan fingerprint density at radius 2 is 1.95 bits per heavy atom. The second kappa shape index (κ2) is 6.54. The first kappa shape index (κ1) is 14.6. The molecule has 0 aliphatic carbocycles. The molecule has 0 fully saturated rings. The van der Waals surface area contributed by atoms with Gasteiger partial charge in [0, 0.05) is 6.54 Å². The molecular formula is C13H14Br2N2O2. The largest absolute Gasteiger partial charge is 0.494 e. The Hall–Kier alpha value is -0.850. The highest BCUT2D eigenvalue weighted by atomic mass is 79.9. The molecule has 102 valence electrons. The van der Waals surface area contributed by atoms with Crippen molar-refractivity contribution in [2.24, 2.45) is 0 Å². The number of methoxy groups -OCH3 is 1. The van der Waals surface area contributed by atoms with Crippen LogP contribution in [0.25, 0.3) is 0 Å². The van der Waals surface area contributed by atoms with Gasteiger partial charge >= 0.3 is 0 Å². The summed E-state index contributed by atoms with van der Waals surface area (Å²) in [6.45, 7) is 3.21. The fourth-order valence-electron chi connectivity index (χ4n) is 1.71. The van der Waals surface area contributed by atoms with E-state index in [1.165, 1.54) is 0 Å². The van der Waals surface area contributed by atoms with E-state index in [9.17, 15) is 0 Å². The molecule has 0 unspecified atom stereocenters. The Kier molecular flexibility index (Phi) is 5.01. The SMILES string of the molecule is COc1c(Br)cc(CNCc2ncc(C)o2)cc1Br. The van der Waals surface area contributed by atoms with Crippen molar-refractivity contribution in [3.63, 3.8) is 0 Å². The highest BCUT2D eigenvalue weighted by molar-refractivity contribution is 9.11. The zero-order valence-corrected chi connectivity index (χ0v) is 13.8. The molecule has 0 bridgehead atoms. The van der Waals surface area contributed by atoms with Gasteiger partial charge in [-0.05, 0) is 56.5 Å². The highest BCUT2D eigenvalue weighted by Crippen LogP contribution is 2.34. The topological polar surface area (TPSA) is 47.3 Å². The van der Waals surface area contributed by atoms with Crippen LogP contribution in [0.15, 0.2) is 31.7 Å². The number of aromatic nitrogens is 1. The molecule has 1 N–H and O–H groups in total. The molecule has 0 aliphatic rings. The maximum absolute atomic E-state index is 5.39. The second-order valence-electron chi connectivity index (χ2n) is 4.06. The van der Waals surface area contributed by atoms with Gasteiger partial charge in [-0.25, -0.2) is 4.98 Å². The number of aryl methyl sites for hydroxylation is 1. The lowest BCUT2D eigenvalue weighted by Gasteiger charge is -2.09. The molecule has 0 saturated heterocycles. The Bertz CT molecular complexity index is 547. The molecule has 0 atom stereocenters. The van der Waals surface area contributed by atoms with Crippen molar-refractivity contribution < 1.29 is 9.15 Å². The monoisotopic (exact) mass is 388 g/mol. The summed E-state index contributed by atoms with van der Waals surface area (Å²) < 4.78 is 12.5. The van der Waals surface area contributed by atoms with Gasteiger partial charge in [-0.1, -0.05) is 0 Å². The van der Waals surface area contributed by atoms with Gasteiger partial charge in [0.1, 0.15) is 11.5 Å². The lowest BCUT2D eigenvalue weighted by Crippen LogP contribution is -2.13. The Morgan fingerprint density at radius 3 is 2.47 bits per heavy atom. The first-order valence-electron chi connectivity index (χ1n) is 5.74. The smallest absolute Gasteiger partial charge is 0.208 e. The van der Waals surface area contributed by atoms with Crippen LogP contribution in [0.3, 0.4) is 0 Å². The molecule has 6 heteroatoms. The van der Waals surface area contributed by atoms with Gasteiger partial charge in [-0.15, -0.1) is 0 Å². The zero-order valence-electron chi connectivity index (χ0n) is 10.7. The summed E-state index contributed by atoms with van der Waals surface area (Å²) in [5.74, 6) is 2.32. The van der Waals surface area contributed by atoms with Gasteiger partial charge in [-0.2, -0.15) is 0 Å². The summed E-state index contributed by atoms with van der Waals surface area (Å²) in [7, 11) is 1.65. The average Bonchev–Trinajstić information content (AvgIpc) is 2.75. The summed E-state index contributed by atoms with van der Waals surface area (Å²) in [5, 5.41) is 3.28. The summed E-state index contributed by atoms with van der Waals surface area (Å²) in [6.07, 6.45) is 1.72. The van der Waals surface area contributed by atoms with Crippen LogP contribution < -0.4 is 10.1 Å². The third kappa shape index (κ3) is 3.81. The van der Waals surface area contributed by atoms with Crippen LogP contribution in [0.5, 0.6) is 5.75 Å². The fraction of sp³-hybridized carbons (Fsp3) is 0.308. The van der Waals surface area contributed by atoms with E-state index in [2.05, 4.69) is 42.2 Å². The third-order valence-electron chi connectivity index (χ3n) is 2.54. The third-order valence-corrected chi connectivity index (χ3v) is 3.71. The maximum Gasteiger partial charge on any atom is 0.208 e. The molecule has 2 rings (SSSR count). The Labute approximate surface area is 128 Å². The number of nitrogens with zero attached hydrogens (tertiary/aromatic N) is 1. The van der Waals surface area contributed by atoms with E-state index in [1.54, 1.807) is 13.3 Å².